The highest BCUT2D eigenvalue weighted by Gasteiger charge is 2.61. The van der Waals surface area contributed by atoms with Crippen LogP contribution >= 0.6 is 15.9 Å². The highest BCUT2D eigenvalue weighted by atomic mass is 79.9. The van der Waals surface area contributed by atoms with E-state index in [1.165, 1.54) is 31.9 Å². The van der Waals surface area contributed by atoms with E-state index in [-0.39, 0.29) is 22.6 Å². The molecule has 0 heterocycles. The fraction of sp³-hybridized carbons (Fsp3) is 0.636. The van der Waals surface area contributed by atoms with Gasteiger partial charge in [-0.25, -0.2) is 0 Å². The first-order valence-electron chi connectivity index (χ1n) is 9.60. The monoisotopic (exact) mass is 418 g/mol. The second-order valence-electron chi connectivity index (χ2n) is 9.39. The van der Waals surface area contributed by atoms with Gasteiger partial charge in [0.05, 0.1) is 16.8 Å². The van der Waals surface area contributed by atoms with Crippen molar-refractivity contribution in [3.05, 3.63) is 35.4 Å². The number of ketones is 1. The van der Waals surface area contributed by atoms with Gasteiger partial charge in [-0.2, -0.15) is 0 Å². The number of halogens is 1. The minimum Gasteiger partial charge on any atom is -0.469 e. The number of hydrogen-bond acceptors (Lipinski definition) is 3. The van der Waals surface area contributed by atoms with Gasteiger partial charge in [0, 0.05) is 5.56 Å². The molecule has 4 aliphatic rings. The second-order valence-corrected chi connectivity index (χ2v) is 11.4. The van der Waals surface area contributed by atoms with Gasteiger partial charge in [-0.15, -0.1) is 0 Å². The molecule has 26 heavy (non-hydrogen) atoms. The smallest absolute Gasteiger partial charge is 0.311 e. The van der Waals surface area contributed by atoms with Crippen LogP contribution in [0.3, 0.4) is 0 Å². The number of benzene rings is 1. The molecule has 3 nitrogen and oxygen atoms in total. The van der Waals surface area contributed by atoms with E-state index < -0.39 is 4.32 Å². The van der Waals surface area contributed by atoms with Crippen molar-refractivity contribution < 1.29 is 14.3 Å². The van der Waals surface area contributed by atoms with Crippen molar-refractivity contribution in [3.63, 3.8) is 0 Å². The molecule has 0 amide bonds. The van der Waals surface area contributed by atoms with Crippen LogP contribution in [0, 0.1) is 17.3 Å². The fourth-order valence-corrected chi connectivity index (χ4v) is 6.60. The molecule has 4 saturated carbocycles. The molecule has 0 spiro atoms. The molecule has 4 aliphatic carbocycles. The third-order valence-electron chi connectivity index (χ3n) is 6.98. The molecule has 2 unspecified atom stereocenters. The number of Topliss-reactive ketones (excluding diaryl/α,β-unsaturated/α-hetero) is 1. The van der Waals surface area contributed by atoms with Gasteiger partial charge in [0.2, 0.25) is 0 Å². The predicted octanol–water partition coefficient (Wildman–Crippen LogP) is 5.05. The molecule has 1 aromatic rings. The molecule has 4 heteroatoms. The lowest BCUT2D eigenvalue weighted by Gasteiger charge is -2.61. The highest BCUT2D eigenvalue weighted by Crippen LogP contribution is 2.66. The van der Waals surface area contributed by atoms with Crippen LogP contribution in [0.4, 0.5) is 0 Å². The van der Waals surface area contributed by atoms with E-state index in [1.54, 1.807) is 0 Å². The number of esters is 1. The summed E-state index contributed by atoms with van der Waals surface area (Å²) in [5.41, 5.74) is 1.82. The second kappa shape index (κ2) is 5.92. The van der Waals surface area contributed by atoms with Crippen LogP contribution in [0.1, 0.15) is 68.3 Å². The van der Waals surface area contributed by atoms with Crippen molar-refractivity contribution in [2.45, 2.75) is 62.1 Å². The Kier molecular flexibility index (Phi) is 4.15. The molecule has 0 aromatic heterocycles. The fourth-order valence-electron chi connectivity index (χ4n) is 6.37. The van der Waals surface area contributed by atoms with Crippen LogP contribution in [-0.4, -0.2) is 23.2 Å². The first-order valence-corrected chi connectivity index (χ1v) is 10.4. The Bertz CT molecular complexity index is 730. The average molecular weight is 419 g/mol. The summed E-state index contributed by atoms with van der Waals surface area (Å²) in [5.74, 6) is 1.33. The summed E-state index contributed by atoms with van der Waals surface area (Å²) in [5, 5.41) is 0. The van der Waals surface area contributed by atoms with Gasteiger partial charge in [0.1, 0.15) is 0 Å². The SMILES string of the molecule is COC(=O)C12C[C@H]3C[C@@H](C1)CC(c1ccc(C(=O)C(C)(C)Br)cc1)(C3)C2. The standard InChI is InChI=1S/C22H27BrO3/c1-20(2,23)18(24)16-4-6-17(7-5-16)21-9-14-8-15(10-21)12-22(11-14,13-21)19(25)26-3/h4-7,14-15H,8-13H2,1-3H3/t14-,15+,21?,22?. The van der Waals surface area contributed by atoms with Gasteiger partial charge >= 0.3 is 5.97 Å². The van der Waals surface area contributed by atoms with E-state index >= 15 is 0 Å². The Morgan fingerprint density at radius 1 is 1.08 bits per heavy atom. The normalized spacial score (nSPS) is 35.4. The highest BCUT2D eigenvalue weighted by molar-refractivity contribution is 9.10. The molecule has 0 N–H and O–H groups in total. The topological polar surface area (TPSA) is 43.4 Å². The zero-order valence-electron chi connectivity index (χ0n) is 15.8. The minimum absolute atomic E-state index is 0.0104. The van der Waals surface area contributed by atoms with Crippen LogP contribution in [-0.2, 0) is 14.9 Å². The van der Waals surface area contributed by atoms with Crippen LogP contribution < -0.4 is 0 Å². The van der Waals surface area contributed by atoms with Crippen molar-refractivity contribution in [1.82, 2.24) is 0 Å². The van der Waals surface area contributed by atoms with E-state index in [2.05, 4.69) is 28.1 Å². The molecular formula is C22H27BrO3. The van der Waals surface area contributed by atoms with Crippen molar-refractivity contribution in [2.75, 3.05) is 7.11 Å². The lowest BCUT2D eigenvalue weighted by Crippen LogP contribution is -2.57. The van der Waals surface area contributed by atoms with E-state index in [0.29, 0.717) is 11.8 Å². The van der Waals surface area contributed by atoms with Crippen molar-refractivity contribution in [3.8, 4) is 0 Å². The zero-order chi connectivity index (χ0) is 18.7. The molecule has 140 valence electrons. The molecular weight excluding hydrogens is 392 g/mol. The molecule has 5 rings (SSSR count). The van der Waals surface area contributed by atoms with Crippen molar-refractivity contribution in [2.24, 2.45) is 17.3 Å². The summed E-state index contributed by atoms with van der Waals surface area (Å²) in [6.45, 7) is 3.75. The summed E-state index contributed by atoms with van der Waals surface area (Å²) in [6, 6.07) is 8.18. The molecule has 0 radical (unpaired) electrons. The Balaban J connectivity index is 1.67. The molecule has 0 saturated heterocycles. The molecule has 4 atom stereocenters. The van der Waals surface area contributed by atoms with E-state index in [0.717, 1.165) is 24.8 Å². The number of rotatable bonds is 4. The van der Waals surface area contributed by atoms with Gasteiger partial charge in [-0.3, -0.25) is 9.59 Å². The maximum atomic E-state index is 12.6. The number of carbonyl (C=O) groups is 2. The first-order chi connectivity index (χ1) is 12.2. The number of alkyl halides is 1. The summed E-state index contributed by atoms with van der Waals surface area (Å²) in [4.78, 5) is 25.1. The maximum absolute atomic E-state index is 12.6. The Morgan fingerprint density at radius 3 is 2.15 bits per heavy atom. The van der Waals surface area contributed by atoms with E-state index in [1.807, 2.05) is 26.0 Å². The Morgan fingerprint density at radius 2 is 1.65 bits per heavy atom. The van der Waals surface area contributed by atoms with Crippen LogP contribution in [0.15, 0.2) is 24.3 Å². The quantitative estimate of drug-likeness (QED) is 0.390. The lowest BCUT2D eigenvalue weighted by atomic mass is 9.43. The summed E-state index contributed by atoms with van der Waals surface area (Å²) in [6.07, 6.45) is 6.48. The summed E-state index contributed by atoms with van der Waals surface area (Å²) < 4.78 is 4.66. The van der Waals surface area contributed by atoms with Crippen LogP contribution in [0.2, 0.25) is 0 Å². The van der Waals surface area contributed by atoms with Gasteiger partial charge in [0.25, 0.3) is 0 Å². The minimum atomic E-state index is -0.551. The number of methoxy groups -OCH3 is 1. The van der Waals surface area contributed by atoms with Gasteiger partial charge in [0.15, 0.2) is 5.78 Å². The number of hydrogen-bond donors (Lipinski definition) is 0. The Labute approximate surface area is 164 Å². The number of carbonyl (C=O) groups excluding carboxylic acids is 2. The lowest BCUT2D eigenvalue weighted by molar-refractivity contribution is -0.171. The van der Waals surface area contributed by atoms with Crippen molar-refractivity contribution >= 4 is 27.7 Å². The maximum Gasteiger partial charge on any atom is 0.311 e. The summed E-state index contributed by atoms with van der Waals surface area (Å²) >= 11 is 3.46. The molecule has 4 fully saturated rings. The Hall–Kier alpha value is -1.16. The first kappa shape index (κ1) is 18.2. The van der Waals surface area contributed by atoms with Gasteiger partial charge in [-0.1, -0.05) is 40.2 Å². The van der Waals surface area contributed by atoms with Crippen LogP contribution in [0.5, 0.6) is 0 Å². The van der Waals surface area contributed by atoms with E-state index in [9.17, 15) is 9.59 Å². The number of ether oxygens (including phenoxy) is 1. The van der Waals surface area contributed by atoms with Crippen LogP contribution in [0.25, 0.3) is 0 Å². The third kappa shape index (κ3) is 2.76. The predicted molar refractivity (Wildman–Crippen MR) is 105 cm³/mol. The largest absolute Gasteiger partial charge is 0.469 e. The molecule has 1 aromatic carbocycles. The van der Waals surface area contributed by atoms with Gasteiger partial charge in [-0.05, 0) is 75.2 Å². The summed E-state index contributed by atoms with van der Waals surface area (Å²) in [7, 11) is 1.52. The van der Waals surface area contributed by atoms with E-state index in [4.69, 9.17) is 4.74 Å². The van der Waals surface area contributed by atoms with Gasteiger partial charge < -0.3 is 4.74 Å². The average Bonchev–Trinajstić information content (AvgIpc) is 2.58. The zero-order valence-corrected chi connectivity index (χ0v) is 17.4. The third-order valence-corrected chi connectivity index (χ3v) is 7.34. The molecule has 0 aliphatic heterocycles. The molecule has 4 bridgehead atoms. The van der Waals surface area contributed by atoms with Crippen molar-refractivity contribution in [1.29, 1.82) is 0 Å².